The average Bonchev–Trinajstić information content (AvgIpc) is 2.45. The van der Waals surface area contributed by atoms with Crippen LogP contribution in [-0.2, 0) is 16.0 Å². The Balaban J connectivity index is 2.39. The maximum atomic E-state index is 11.8. The van der Waals surface area contributed by atoms with Gasteiger partial charge < -0.3 is 10.4 Å². The SMILES string of the molecule is CCSCCC(NC(=O)CCc1ccc(Cl)cc1)C(=O)O. The molecular weight excluding hydrogens is 310 g/mol. The van der Waals surface area contributed by atoms with Crippen LogP contribution in [0.4, 0.5) is 0 Å². The first-order chi connectivity index (χ1) is 10.0. The van der Waals surface area contributed by atoms with Crippen molar-refractivity contribution in [3.63, 3.8) is 0 Å². The van der Waals surface area contributed by atoms with Gasteiger partial charge in [0.15, 0.2) is 0 Å². The number of carboxylic acid groups (broad SMARTS) is 1. The van der Waals surface area contributed by atoms with Crippen LogP contribution >= 0.6 is 23.4 Å². The molecule has 4 nitrogen and oxygen atoms in total. The summed E-state index contributed by atoms with van der Waals surface area (Å²) in [5.41, 5.74) is 1.00. The van der Waals surface area contributed by atoms with Crippen LogP contribution in [0, 0.1) is 0 Å². The number of carbonyl (C=O) groups is 2. The molecule has 0 heterocycles. The lowest BCUT2D eigenvalue weighted by atomic mass is 10.1. The zero-order chi connectivity index (χ0) is 15.7. The van der Waals surface area contributed by atoms with Crippen LogP contribution < -0.4 is 5.32 Å². The first-order valence-corrected chi connectivity index (χ1v) is 8.40. The number of hydrogen-bond donors (Lipinski definition) is 2. The van der Waals surface area contributed by atoms with E-state index in [4.69, 9.17) is 16.7 Å². The minimum atomic E-state index is -0.980. The first-order valence-electron chi connectivity index (χ1n) is 6.87. The summed E-state index contributed by atoms with van der Waals surface area (Å²) in [6.07, 6.45) is 1.28. The Morgan fingerprint density at radius 2 is 2.00 bits per heavy atom. The van der Waals surface area contributed by atoms with E-state index >= 15 is 0 Å². The van der Waals surface area contributed by atoms with Crippen LogP contribution in [-0.4, -0.2) is 34.5 Å². The van der Waals surface area contributed by atoms with Crippen molar-refractivity contribution in [2.45, 2.75) is 32.2 Å². The van der Waals surface area contributed by atoms with Crippen molar-refractivity contribution >= 4 is 35.2 Å². The number of amides is 1. The van der Waals surface area contributed by atoms with Gasteiger partial charge in [-0.15, -0.1) is 0 Å². The molecule has 1 rings (SSSR count). The second-order valence-corrected chi connectivity index (χ2v) is 6.40. The van der Waals surface area contributed by atoms with Crippen LogP contribution in [0.5, 0.6) is 0 Å². The highest BCUT2D eigenvalue weighted by Gasteiger charge is 2.19. The molecule has 0 aliphatic heterocycles. The maximum absolute atomic E-state index is 11.8. The van der Waals surface area contributed by atoms with Crippen molar-refractivity contribution in [1.82, 2.24) is 5.32 Å². The quantitative estimate of drug-likeness (QED) is 0.683. The number of benzene rings is 1. The number of carboxylic acids is 1. The summed E-state index contributed by atoms with van der Waals surface area (Å²) in [6.45, 7) is 2.02. The molecule has 21 heavy (non-hydrogen) atoms. The molecule has 6 heteroatoms. The Morgan fingerprint density at radius 3 is 2.57 bits per heavy atom. The van der Waals surface area contributed by atoms with E-state index in [-0.39, 0.29) is 12.3 Å². The molecular formula is C15H20ClNO3S. The third-order valence-electron chi connectivity index (χ3n) is 2.94. The lowest BCUT2D eigenvalue weighted by molar-refractivity contribution is -0.141. The smallest absolute Gasteiger partial charge is 0.326 e. The number of hydrogen-bond acceptors (Lipinski definition) is 3. The maximum Gasteiger partial charge on any atom is 0.326 e. The molecule has 2 N–H and O–H groups in total. The molecule has 0 saturated heterocycles. The van der Waals surface area contributed by atoms with Gasteiger partial charge in [-0.2, -0.15) is 11.8 Å². The summed E-state index contributed by atoms with van der Waals surface area (Å²) in [5, 5.41) is 12.3. The van der Waals surface area contributed by atoms with Crippen molar-refractivity contribution in [3.05, 3.63) is 34.9 Å². The van der Waals surface area contributed by atoms with Gasteiger partial charge in [-0.1, -0.05) is 30.7 Å². The number of carbonyl (C=O) groups excluding carboxylic acids is 1. The van der Waals surface area contributed by atoms with Crippen molar-refractivity contribution in [3.8, 4) is 0 Å². The Bertz CT molecular complexity index is 464. The molecule has 0 bridgehead atoms. The predicted octanol–water partition coefficient (Wildman–Crippen LogP) is 2.99. The fourth-order valence-corrected chi connectivity index (χ4v) is 2.60. The molecule has 1 amide bonds. The van der Waals surface area contributed by atoms with Crippen molar-refractivity contribution in [2.75, 3.05) is 11.5 Å². The normalized spacial score (nSPS) is 11.9. The Morgan fingerprint density at radius 1 is 1.33 bits per heavy atom. The molecule has 116 valence electrons. The Labute approximate surface area is 134 Å². The second-order valence-electron chi connectivity index (χ2n) is 4.57. The van der Waals surface area contributed by atoms with Crippen LogP contribution in [0.1, 0.15) is 25.3 Å². The fraction of sp³-hybridized carbons (Fsp3) is 0.467. The zero-order valence-electron chi connectivity index (χ0n) is 12.0. The minimum absolute atomic E-state index is 0.237. The van der Waals surface area contributed by atoms with Gasteiger partial charge in [0.05, 0.1) is 0 Å². The largest absolute Gasteiger partial charge is 0.480 e. The number of rotatable bonds is 9. The van der Waals surface area contributed by atoms with Gasteiger partial charge in [-0.05, 0) is 42.0 Å². The number of halogens is 1. The van der Waals surface area contributed by atoms with E-state index in [9.17, 15) is 9.59 Å². The lowest BCUT2D eigenvalue weighted by Crippen LogP contribution is -2.41. The van der Waals surface area contributed by atoms with E-state index in [2.05, 4.69) is 5.32 Å². The van der Waals surface area contributed by atoms with E-state index in [0.717, 1.165) is 17.1 Å². The third kappa shape index (κ3) is 7.39. The standard InChI is InChI=1S/C15H20ClNO3S/c1-2-21-10-9-13(15(19)20)17-14(18)8-5-11-3-6-12(16)7-4-11/h3-4,6-7,13H,2,5,8-10H2,1H3,(H,17,18)(H,19,20). The fourth-order valence-electron chi connectivity index (χ4n) is 1.78. The van der Waals surface area contributed by atoms with E-state index < -0.39 is 12.0 Å². The molecule has 1 atom stereocenters. The van der Waals surface area contributed by atoms with Crippen molar-refractivity contribution in [2.24, 2.45) is 0 Å². The second kappa shape index (κ2) is 9.68. The Hall–Kier alpha value is -1.20. The summed E-state index contributed by atoms with van der Waals surface area (Å²) in [4.78, 5) is 22.9. The summed E-state index contributed by atoms with van der Waals surface area (Å²) < 4.78 is 0. The van der Waals surface area contributed by atoms with Crippen LogP contribution in [0.25, 0.3) is 0 Å². The molecule has 1 unspecified atom stereocenters. The van der Waals surface area contributed by atoms with Gasteiger partial charge in [0, 0.05) is 11.4 Å². The van der Waals surface area contributed by atoms with Crippen LogP contribution in [0.2, 0.25) is 5.02 Å². The predicted molar refractivity (Wildman–Crippen MR) is 87.0 cm³/mol. The number of nitrogens with one attached hydrogen (secondary N) is 1. The molecule has 0 saturated carbocycles. The van der Waals surface area contributed by atoms with E-state index in [1.54, 1.807) is 23.9 Å². The molecule has 0 aliphatic carbocycles. The van der Waals surface area contributed by atoms with Crippen molar-refractivity contribution in [1.29, 1.82) is 0 Å². The van der Waals surface area contributed by atoms with E-state index in [1.165, 1.54) is 0 Å². The van der Waals surface area contributed by atoms with Crippen LogP contribution in [0.3, 0.4) is 0 Å². The minimum Gasteiger partial charge on any atom is -0.480 e. The molecule has 1 aromatic carbocycles. The van der Waals surface area contributed by atoms with E-state index in [0.29, 0.717) is 17.9 Å². The number of aliphatic carboxylic acids is 1. The summed E-state index contributed by atoms with van der Waals surface area (Å²) >= 11 is 7.46. The Kier molecular flexibility index (Phi) is 8.23. The molecule has 0 aliphatic rings. The topological polar surface area (TPSA) is 66.4 Å². The van der Waals surface area contributed by atoms with Gasteiger partial charge in [-0.3, -0.25) is 4.79 Å². The lowest BCUT2D eigenvalue weighted by Gasteiger charge is -2.14. The molecule has 0 spiro atoms. The molecule has 1 aromatic rings. The summed E-state index contributed by atoms with van der Waals surface area (Å²) in [7, 11) is 0. The molecule has 0 radical (unpaired) electrons. The van der Waals surface area contributed by atoms with Gasteiger partial charge in [0.25, 0.3) is 0 Å². The zero-order valence-corrected chi connectivity index (χ0v) is 13.5. The monoisotopic (exact) mass is 329 g/mol. The molecule has 0 fully saturated rings. The summed E-state index contributed by atoms with van der Waals surface area (Å²) in [5.74, 6) is 0.451. The number of aryl methyl sites for hydroxylation is 1. The number of thioether (sulfide) groups is 1. The molecule has 0 aromatic heterocycles. The highest BCUT2D eigenvalue weighted by atomic mass is 35.5. The van der Waals surface area contributed by atoms with E-state index in [1.807, 2.05) is 19.1 Å². The third-order valence-corrected chi connectivity index (χ3v) is 4.13. The summed E-state index contributed by atoms with van der Waals surface area (Å²) in [6, 6.07) is 6.47. The highest BCUT2D eigenvalue weighted by Crippen LogP contribution is 2.11. The van der Waals surface area contributed by atoms with Gasteiger partial charge in [0.2, 0.25) is 5.91 Å². The highest BCUT2D eigenvalue weighted by molar-refractivity contribution is 7.99. The first kappa shape index (κ1) is 17.9. The van der Waals surface area contributed by atoms with Gasteiger partial charge in [0.1, 0.15) is 6.04 Å². The van der Waals surface area contributed by atoms with Crippen molar-refractivity contribution < 1.29 is 14.7 Å². The van der Waals surface area contributed by atoms with Crippen LogP contribution in [0.15, 0.2) is 24.3 Å². The van der Waals surface area contributed by atoms with Gasteiger partial charge >= 0.3 is 5.97 Å². The van der Waals surface area contributed by atoms with Gasteiger partial charge in [-0.25, -0.2) is 4.79 Å². The average molecular weight is 330 g/mol.